The molecule has 0 aliphatic heterocycles. The number of anilines is 3. The van der Waals surface area contributed by atoms with Crippen molar-refractivity contribution < 1.29 is 9.90 Å². The lowest BCUT2D eigenvalue weighted by atomic mass is 10.1. The predicted molar refractivity (Wildman–Crippen MR) is 81.0 cm³/mol. The minimum atomic E-state index is -0.294. The zero-order chi connectivity index (χ0) is 14.5. The molecule has 0 radical (unpaired) electrons. The lowest BCUT2D eigenvalue weighted by molar-refractivity contribution is -0.111. The molecule has 0 saturated carbocycles. The number of hydrogen-bond donors (Lipinski definition) is 4. The van der Waals surface area contributed by atoms with Crippen LogP contribution in [0.1, 0.15) is 5.56 Å². The molecule has 0 aromatic heterocycles. The van der Waals surface area contributed by atoms with Crippen LogP contribution in [0.15, 0.2) is 48.5 Å². The van der Waals surface area contributed by atoms with E-state index in [1.807, 2.05) is 0 Å². The molecular formula is C15H15N3O2. The molecule has 0 spiro atoms. The van der Waals surface area contributed by atoms with Gasteiger partial charge in [0.1, 0.15) is 5.75 Å². The molecule has 0 aliphatic carbocycles. The summed E-state index contributed by atoms with van der Waals surface area (Å²) in [5.74, 6) is -0.149. The number of nitrogens with two attached hydrogens (primary N) is 2. The van der Waals surface area contributed by atoms with Crippen LogP contribution in [-0.4, -0.2) is 11.0 Å². The van der Waals surface area contributed by atoms with Gasteiger partial charge in [-0.1, -0.05) is 0 Å². The average molecular weight is 269 g/mol. The second kappa shape index (κ2) is 5.79. The molecule has 20 heavy (non-hydrogen) atoms. The molecule has 6 N–H and O–H groups in total. The number of hydrogen-bond acceptors (Lipinski definition) is 4. The van der Waals surface area contributed by atoms with Crippen LogP contribution in [0.5, 0.6) is 5.75 Å². The maximum Gasteiger partial charge on any atom is 0.248 e. The molecule has 0 bridgehead atoms. The normalized spacial score (nSPS) is 10.6. The summed E-state index contributed by atoms with van der Waals surface area (Å²) in [7, 11) is 0. The maximum absolute atomic E-state index is 11.7. The van der Waals surface area contributed by atoms with Crippen LogP contribution in [0.4, 0.5) is 17.1 Å². The average Bonchev–Trinajstić information content (AvgIpc) is 2.42. The minimum absolute atomic E-state index is 0.145. The van der Waals surface area contributed by atoms with Gasteiger partial charge >= 0.3 is 0 Å². The van der Waals surface area contributed by atoms with Crippen LogP contribution in [-0.2, 0) is 4.79 Å². The Hall–Kier alpha value is -2.95. The molecule has 5 nitrogen and oxygen atoms in total. The van der Waals surface area contributed by atoms with Crippen LogP contribution in [0.25, 0.3) is 6.08 Å². The molecule has 2 rings (SSSR count). The van der Waals surface area contributed by atoms with Crippen molar-refractivity contribution in [1.82, 2.24) is 0 Å². The summed E-state index contributed by atoms with van der Waals surface area (Å²) in [5, 5.41) is 11.8. The van der Waals surface area contributed by atoms with Crippen LogP contribution >= 0.6 is 0 Å². The molecule has 102 valence electrons. The monoisotopic (exact) mass is 269 g/mol. The number of phenolic OH excluding ortho intramolecular Hbond substituents is 1. The summed E-state index contributed by atoms with van der Waals surface area (Å²) in [6.07, 6.45) is 2.97. The Morgan fingerprint density at radius 2 is 1.80 bits per heavy atom. The van der Waals surface area contributed by atoms with Crippen LogP contribution in [0, 0.1) is 0 Å². The number of rotatable bonds is 3. The van der Waals surface area contributed by atoms with E-state index in [1.54, 1.807) is 36.4 Å². The smallest absolute Gasteiger partial charge is 0.248 e. The number of nitrogens with one attached hydrogen (secondary N) is 1. The fraction of sp³-hybridized carbons (Fsp3) is 0. The van der Waals surface area contributed by atoms with E-state index >= 15 is 0 Å². The first kappa shape index (κ1) is 13.5. The number of carbonyl (C=O) groups is 1. The highest BCUT2D eigenvalue weighted by Gasteiger charge is 2.00. The van der Waals surface area contributed by atoms with E-state index in [9.17, 15) is 4.79 Å². The Bertz CT molecular complexity index is 649. The zero-order valence-corrected chi connectivity index (χ0v) is 10.7. The van der Waals surface area contributed by atoms with Gasteiger partial charge in [0.25, 0.3) is 0 Å². The van der Waals surface area contributed by atoms with Crippen molar-refractivity contribution in [2.75, 3.05) is 16.8 Å². The molecule has 1 amide bonds. The standard InChI is InChI=1S/C15H15N3O2/c16-11-2-7-14(17)10(9-11)1-8-15(20)18-12-3-5-13(19)6-4-12/h1-9,19H,16-17H2,(H,18,20)/b8-1+. The molecule has 2 aromatic rings. The topological polar surface area (TPSA) is 101 Å². The minimum Gasteiger partial charge on any atom is -0.508 e. The van der Waals surface area contributed by atoms with Gasteiger partial charge in [0.15, 0.2) is 0 Å². The lowest BCUT2D eigenvalue weighted by Gasteiger charge is -2.03. The van der Waals surface area contributed by atoms with Gasteiger partial charge in [-0.15, -0.1) is 0 Å². The molecule has 2 aromatic carbocycles. The summed E-state index contributed by atoms with van der Waals surface area (Å²) in [4.78, 5) is 11.7. The predicted octanol–water partition coefficient (Wildman–Crippen LogP) is 2.21. The first-order chi connectivity index (χ1) is 9.54. The van der Waals surface area contributed by atoms with E-state index < -0.39 is 0 Å². The number of benzene rings is 2. The van der Waals surface area contributed by atoms with E-state index in [1.165, 1.54) is 18.2 Å². The van der Waals surface area contributed by atoms with Gasteiger partial charge in [-0.2, -0.15) is 0 Å². The Labute approximate surface area is 116 Å². The number of phenols is 1. The Kier molecular flexibility index (Phi) is 3.91. The first-order valence-electron chi connectivity index (χ1n) is 5.98. The molecule has 0 unspecified atom stereocenters. The number of carbonyl (C=O) groups excluding carboxylic acids is 1. The fourth-order valence-electron chi connectivity index (χ4n) is 1.63. The van der Waals surface area contributed by atoms with E-state index in [-0.39, 0.29) is 11.7 Å². The second-order valence-electron chi connectivity index (χ2n) is 4.26. The summed E-state index contributed by atoms with van der Waals surface area (Å²) in [6, 6.07) is 11.3. The maximum atomic E-state index is 11.7. The number of amides is 1. The Morgan fingerprint density at radius 3 is 2.50 bits per heavy atom. The van der Waals surface area contributed by atoms with Gasteiger partial charge < -0.3 is 21.9 Å². The highest BCUT2D eigenvalue weighted by atomic mass is 16.3. The largest absolute Gasteiger partial charge is 0.508 e. The van der Waals surface area contributed by atoms with Gasteiger partial charge in [0.2, 0.25) is 5.91 Å². The summed E-state index contributed by atoms with van der Waals surface area (Å²) in [6.45, 7) is 0. The third kappa shape index (κ3) is 3.52. The fourth-order valence-corrected chi connectivity index (χ4v) is 1.63. The third-order valence-corrected chi connectivity index (χ3v) is 2.66. The zero-order valence-electron chi connectivity index (χ0n) is 10.7. The highest BCUT2D eigenvalue weighted by molar-refractivity contribution is 6.02. The van der Waals surface area contributed by atoms with Crippen molar-refractivity contribution in [3.8, 4) is 5.75 Å². The molecular weight excluding hydrogens is 254 g/mol. The van der Waals surface area contributed by atoms with Crippen molar-refractivity contribution in [3.63, 3.8) is 0 Å². The molecule has 5 heteroatoms. The summed E-state index contributed by atoms with van der Waals surface area (Å²) < 4.78 is 0. The van der Waals surface area contributed by atoms with Crippen molar-refractivity contribution in [3.05, 3.63) is 54.1 Å². The van der Waals surface area contributed by atoms with Gasteiger partial charge in [-0.05, 0) is 54.1 Å². The lowest BCUT2D eigenvalue weighted by Crippen LogP contribution is -2.07. The van der Waals surface area contributed by atoms with Gasteiger partial charge in [0.05, 0.1) is 0 Å². The Balaban J connectivity index is 2.05. The summed E-state index contributed by atoms with van der Waals surface area (Å²) in [5.41, 5.74) is 13.8. The van der Waals surface area contributed by atoms with Gasteiger partial charge in [0, 0.05) is 23.1 Å². The van der Waals surface area contributed by atoms with Gasteiger partial charge in [-0.25, -0.2) is 0 Å². The van der Waals surface area contributed by atoms with Crippen molar-refractivity contribution in [1.29, 1.82) is 0 Å². The van der Waals surface area contributed by atoms with Crippen LogP contribution in [0.2, 0.25) is 0 Å². The summed E-state index contributed by atoms with van der Waals surface area (Å²) >= 11 is 0. The molecule has 0 aliphatic rings. The third-order valence-electron chi connectivity index (χ3n) is 2.66. The SMILES string of the molecule is Nc1ccc(N)c(/C=C/C(=O)Nc2ccc(O)cc2)c1. The first-order valence-corrected chi connectivity index (χ1v) is 5.98. The second-order valence-corrected chi connectivity index (χ2v) is 4.26. The van der Waals surface area contributed by atoms with E-state index in [0.29, 0.717) is 22.6 Å². The molecule has 0 saturated heterocycles. The van der Waals surface area contributed by atoms with E-state index in [4.69, 9.17) is 16.6 Å². The Morgan fingerprint density at radius 1 is 1.10 bits per heavy atom. The van der Waals surface area contributed by atoms with Gasteiger partial charge in [-0.3, -0.25) is 4.79 Å². The molecule has 0 fully saturated rings. The van der Waals surface area contributed by atoms with E-state index in [0.717, 1.165) is 0 Å². The van der Waals surface area contributed by atoms with Crippen molar-refractivity contribution >= 4 is 29.0 Å². The molecule has 0 heterocycles. The van der Waals surface area contributed by atoms with Crippen LogP contribution in [0.3, 0.4) is 0 Å². The molecule has 0 atom stereocenters. The number of aromatic hydroxyl groups is 1. The van der Waals surface area contributed by atoms with Crippen molar-refractivity contribution in [2.24, 2.45) is 0 Å². The number of nitrogen functional groups attached to an aromatic ring is 2. The van der Waals surface area contributed by atoms with Crippen molar-refractivity contribution in [2.45, 2.75) is 0 Å². The highest BCUT2D eigenvalue weighted by Crippen LogP contribution is 2.17. The van der Waals surface area contributed by atoms with E-state index in [2.05, 4.69) is 5.32 Å². The quantitative estimate of drug-likeness (QED) is 0.390. The van der Waals surface area contributed by atoms with Crippen LogP contribution < -0.4 is 16.8 Å².